The topological polar surface area (TPSA) is 43.8 Å². The van der Waals surface area contributed by atoms with E-state index < -0.39 is 0 Å². The second kappa shape index (κ2) is 6.37. The molecule has 1 aliphatic heterocycles. The molecule has 0 aromatic heterocycles. The predicted octanol–water partition coefficient (Wildman–Crippen LogP) is 1.36. The van der Waals surface area contributed by atoms with Crippen molar-refractivity contribution < 1.29 is 9.90 Å². The molecule has 1 fully saturated rings. The molecule has 1 saturated heterocycles. The number of hydrogen-bond acceptors (Lipinski definition) is 3. The van der Waals surface area contributed by atoms with Crippen molar-refractivity contribution in [1.29, 1.82) is 0 Å². The smallest absolute Gasteiger partial charge is 0.236 e. The van der Waals surface area contributed by atoms with E-state index >= 15 is 0 Å². The first-order chi connectivity index (χ1) is 9.04. The summed E-state index contributed by atoms with van der Waals surface area (Å²) in [5, 5.41) is 10.1. The molecule has 0 unspecified atom stereocenters. The molecule has 1 N–H and O–H groups in total. The van der Waals surface area contributed by atoms with E-state index in [2.05, 4.69) is 0 Å². The molecule has 1 aromatic rings. The molecule has 4 nitrogen and oxygen atoms in total. The van der Waals surface area contributed by atoms with Crippen molar-refractivity contribution in [2.24, 2.45) is 0 Å². The first kappa shape index (κ1) is 14.3. The fourth-order valence-electron chi connectivity index (χ4n) is 2.27. The van der Waals surface area contributed by atoms with Crippen LogP contribution < -0.4 is 0 Å². The molecule has 1 atom stereocenters. The van der Waals surface area contributed by atoms with Crippen LogP contribution in [0.3, 0.4) is 0 Å². The van der Waals surface area contributed by atoms with E-state index in [9.17, 15) is 9.90 Å². The number of likely N-dealkylation sites (N-methyl/N-ethyl adjacent to an activating group) is 1. The third kappa shape index (κ3) is 4.20. The highest BCUT2D eigenvalue weighted by Gasteiger charge is 2.23. The van der Waals surface area contributed by atoms with Crippen LogP contribution in [0.1, 0.15) is 12.0 Å². The van der Waals surface area contributed by atoms with E-state index in [1.54, 1.807) is 11.9 Å². The number of amides is 1. The van der Waals surface area contributed by atoms with Gasteiger partial charge < -0.3 is 10.0 Å². The largest absolute Gasteiger partial charge is 0.392 e. The van der Waals surface area contributed by atoms with E-state index in [0.29, 0.717) is 24.7 Å². The van der Waals surface area contributed by atoms with Gasteiger partial charge in [0.25, 0.3) is 0 Å². The number of hydrogen-bond donors (Lipinski definition) is 1. The van der Waals surface area contributed by atoms with E-state index in [4.69, 9.17) is 11.6 Å². The zero-order valence-corrected chi connectivity index (χ0v) is 11.8. The lowest BCUT2D eigenvalue weighted by molar-refractivity contribution is -0.131. The Morgan fingerprint density at radius 2 is 2.37 bits per heavy atom. The molecule has 0 aliphatic carbocycles. The van der Waals surface area contributed by atoms with Gasteiger partial charge in [0.1, 0.15) is 0 Å². The van der Waals surface area contributed by atoms with Crippen molar-refractivity contribution >= 4 is 17.5 Å². The number of carbonyl (C=O) groups excluding carboxylic acids is 1. The number of benzene rings is 1. The minimum absolute atomic E-state index is 0.0640. The second-order valence-electron chi connectivity index (χ2n) is 5.06. The number of likely N-dealkylation sites (tertiary alicyclic amines) is 1. The lowest BCUT2D eigenvalue weighted by Crippen LogP contribution is -2.37. The normalized spacial score (nSPS) is 19.6. The SMILES string of the molecule is CN(Cc1cccc(Cl)c1)C(=O)CN1CC[C@@H](O)C1. The van der Waals surface area contributed by atoms with Gasteiger partial charge in [-0.05, 0) is 24.1 Å². The summed E-state index contributed by atoms with van der Waals surface area (Å²) >= 11 is 5.92. The standard InChI is InChI=1S/C14H19ClN2O2/c1-16(8-11-3-2-4-12(15)7-11)14(19)10-17-6-5-13(18)9-17/h2-4,7,13,18H,5-6,8-10H2,1H3/t13-/m1/s1. The summed E-state index contributed by atoms with van der Waals surface area (Å²) in [6.07, 6.45) is 0.469. The van der Waals surface area contributed by atoms with Crippen LogP contribution in [-0.4, -0.2) is 53.6 Å². The van der Waals surface area contributed by atoms with Crippen LogP contribution in [0.25, 0.3) is 0 Å². The molecule has 1 amide bonds. The van der Waals surface area contributed by atoms with Gasteiger partial charge in [0, 0.05) is 31.7 Å². The van der Waals surface area contributed by atoms with Gasteiger partial charge in [0.2, 0.25) is 5.91 Å². The zero-order valence-electron chi connectivity index (χ0n) is 11.1. The number of nitrogens with zero attached hydrogens (tertiary/aromatic N) is 2. The van der Waals surface area contributed by atoms with Crippen molar-refractivity contribution in [1.82, 2.24) is 9.80 Å². The molecule has 0 bridgehead atoms. The monoisotopic (exact) mass is 282 g/mol. The summed E-state index contributed by atoms with van der Waals surface area (Å²) in [5.41, 5.74) is 1.02. The van der Waals surface area contributed by atoms with Crippen molar-refractivity contribution in [2.45, 2.75) is 19.1 Å². The number of aliphatic hydroxyl groups is 1. The number of β-amino-alcohol motifs (C(OH)–C–C–N with tert-alkyl or cyclic N) is 1. The molecule has 0 spiro atoms. The summed E-state index contributed by atoms with van der Waals surface area (Å²) in [6.45, 7) is 2.30. The van der Waals surface area contributed by atoms with Gasteiger partial charge in [-0.25, -0.2) is 0 Å². The molecule has 19 heavy (non-hydrogen) atoms. The molecule has 104 valence electrons. The number of halogens is 1. The number of carbonyl (C=O) groups is 1. The average Bonchev–Trinajstić information content (AvgIpc) is 2.74. The minimum atomic E-state index is -0.286. The Morgan fingerprint density at radius 3 is 3.00 bits per heavy atom. The van der Waals surface area contributed by atoms with Crippen LogP contribution in [0.15, 0.2) is 24.3 Å². The Kier molecular flexibility index (Phi) is 4.80. The second-order valence-corrected chi connectivity index (χ2v) is 5.49. The van der Waals surface area contributed by atoms with Crippen LogP contribution in [-0.2, 0) is 11.3 Å². The van der Waals surface area contributed by atoms with Crippen LogP contribution in [0.4, 0.5) is 0 Å². The van der Waals surface area contributed by atoms with Crippen molar-refractivity contribution in [3.05, 3.63) is 34.9 Å². The first-order valence-corrected chi connectivity index (χ1v) is 6.81. The lowest BCUT2D eigenvalue weighted by atomic mass is 10.2. The first-order valence-electron chi connectivity index (χ1n) is 6.43. The van der Waals surface area contributed by atoms with Crippen molar-refractivity contribution in [2.75, 3.05) is 26.7 Å². The number of rotatable bonds is 4. The summed E-state index contributed by atoms with van der Waals surface area (Å²) in [6, 6.07) is 7.52. The van der Waals surface area contributed by atoms with E-state index in [1.165, 1.54) is 0 Å². The van der Waals surface area contributed by atoms with E-state index in [-0.39, 0.29) is 12.0 Å². The Morgan fingerprint density at radius 1 is 1.58 bits per heavy atom. The molecule has 1 aromatic carbocycles. The van der Waals surface area contributed by atoms with Gasteiger partial charge in [-0.2, -0.15) is 0 Å². The molecule has 1 aliphatic rings. The highest BCUT2D eigenvalue weighted by atomic mass is 35.5. The van der Waals surface area contributed by atoms with Gasteiger partial charge >= 0.3 is 0 Å². The van der Waals surface area contributed by atoms with Crippen LogP contribution in [0.2, 0.25) is 5.02 Å². The van der Waals surface area contributed by atoms with Crippen LogP contribution >= 0.6 is 11.6 Å². The maximum Gasteiger partial charge on any atom is 0.236 e. The quantitative estimate of drug-likeness (QED) is 0.907. The highest BCUT2D eigenvalue weighted by Crippen LogP contribution is 2.13. The predicted molar refractivity (Wildman–Crippen MR) is 75.0 cm³/mol. The zero-order chi connectivity index (χ0) is 13.8. The molecule has 5 heteroatoms. The molecular formula is C14H19ClN2O2. The number of aliphatic hydroxyl groups excluding tert-OH is 1. The third-order valence-electron chi connectivity index (χ3n) is 3.34. The fourth-order valence-corrected chi connectivity index (χ4v) is 2.48. The molecule has 2 rings (SSSR count). The van der Waals surface area contributed by atoms with Crippen molar-refractivity contribution in [3.8, 4) is 0 Å². The van der Waals surface area contributed by atoms with E-state index in [0.717, 1.165) is 18.5 Å². The summed E-state index contributed by atoms with van der Waals surface area (Å²) in [7, 11) is 1.79. The Hall–Kier alpha value is -1.10. The minimum Gasteiger partial charge on any atom is -0.392 e. The van der Waals surface area contributed by atoms with Crippen LogP contribution in [0, 0.1) is 0 Å². The van der Waals surface area contributed by atoms with Crippen LogP contribution in [0.5, 0.6) is 0 Å². The van der Waals surface area contributed by atoms with Crippen molar-refractivity contribution in [3.63, 3.8) is 0 Å². The summed E-state index contributed by atoms with van der Waals surface area (Å²) in [5.74, 6) is 0.0640. The molecule has 0 radical (unpaired) electrons. The Balaban J connectivity index is 1.85. The van der Waals surface area contributed by atoms with Gasteiger partial charge in [0.15, 0.2) is 0 Å². The van der Waals surface area contributed by atoms with Gasteiger partial charge in [-0.15, -0.1) is 0 Å². The maximum absolute atomic E-state index is 12.1. The fraction of sp³-hybridized carbons (Fsp3) is 0.500. The lowest BCUT2D eigenvalue weighted by Gasteiger charge is -2.21. The Labute approximate surface area is 118 Å². The summed E-state index contributed by atoms with van der Waals surface area (Å²) in [4.78, 5) is 15.7. The molecular weight excluding hydrogens is 264 g/mol. The van der Waals surface area contributed by atoms with Gasteiger partial charge in [-0.1, -0.05) is 23.7 Å². The molecule has 1 heterocycles. The van der Waals surface area contributed by atoms with Gasteiger partial charge in [0.05, 0.1) is 12.6 Å². The average molecular weight is 283 g/mol. The van der Waals surface area contributed by atoms with E-state index in [1.807, 2.05) is 29.2 Å². The highest BCUT2D eigenvalue weighted by molar-refractivity contribution is 6.30. The third-order valence-corrected chi connectivity index (χ3v) is 3.58. The molecule has 0 saturated carbocycles. The Bertz CT molecular complexity index is 453. The maximum atomic E-state index is 12.1. The van der Waals surface area contributed by atoms with Gasteiger partial charge in [-0.3, -0.25) is 9.69 Å². The summed E-state index contributed by atoms with van der Waals surface area (Å²) < 4.78 is 0.